The molecule has 0 amide bonds. The number of phenolic OH excluding ortho intramolecular Hbond substituents is 2. The van der Waals surface area contributed by atoms with Crippen molar-refractivity contribution in [3.05, 3.63) is 79.9 Å². The van der Waals surface area contributed by atoms with E-state index in [9.17, 15) is 30.4 Å². The molecule has 0 unspecified atom stereocenters. The van der Waals surface area contributed by atoms with Crippen LogP contribution in [0.3, 0.4) is 0 Å². The minimum absolute atomic E-state index is 0.106. The molecule has 4 rings (SSSR count). The molecule has 0 bridgehead atoms. The van der Waals surface area contributed by atoms with E-state index in [1.54, 1.807) is 6.07 Å². The molecule has 2 N–H and O–H groups in total. The molecule has 11 heteroatoms. The van der Waals surface area contributed by atoms with Crippen LogP contribution < -0.4 is 0 Å². The third-order valence-electron chi connectivity index (χ3n) is 4.94. The molecule has 11 nitrogen and oxygen atoms in total. The van der Waals surface area contributed by atoms with Gasteiger partial charge in [-0.1, -0.05) is 13.0 Å². The molecule has 0 atom stereocenters. The summed E-state index contributed by atoms with van der Waals surface area (Å²) < 4.78 is 5.74. The van der Waals surface area contributed by atoms with Gasteiger partial charge in [0.05, 0.1) is 27.2 Å². The number of aromatic hydroxyl groups is 2. The molecule has 33 heavy (non-hydrogen) atoms. The summed E-state index contributed by atoms with van der Waals surface area (Å²) in [6.45, 7) is 2.02. The average Bonchev–Trinajstić information content (AvgIpc) is 3.21. The first-order valence-electron chi connectivity index (χ1n) is 9.69. The Kier molecular flexibility index (Phi) is 5.44. The van der Waals surface area contributed by atoms with Crippen molar-refractivity contribution in [1.82, 2.24) is 4.98 Å². The van der Waals surface area contributed by atoms with Crippen molar-refractivity contribution in [3.63, 3.8) is 0 Å². The van der Waals surface area contributed by atoms with Gasteiger partial charge in [-0.25, -0.2) is 4.98 Å². The first-order valence-corrected chi connectivity index (χ1v) is 9.69. The molecule has 1 heterocycles. The van der Waals surface area contributed by atoms with E-state index in [1.807, 2.05) is 19.1 Å². The minimum Gasteiger partial charge on any atom is -0.507 e. The van der Waals surface area contributed by atoms with Gasteiger partial charge < -0.3 is 14.6 Å². The number of non-ortho nitro benzene ring substituents is 1. The molecule has 3 aromatic carbocycles. The number of phenols is 2. The van der Waals surface area contributed by atoms with Crippen LogP contribution in [0.1, 0.15) is 18.1 Å². The molecule has 0 saturated heterocycles. The summed E-state index contributed by atoms with van der Waals surface area (Å²) in [6, 6.07) is 11.5. The third kappa shape index (κ3) is 4.19. The molecule has 1 aromatic heterocycles. The molecule has 0 aliphatic heterocycles. The maximum Gasteiger partial charge on any atom is 0.318 e. The van der Waals surface area contributed by atoms with E-state index in [-0.39, 0.29) is 28.5 Å². The maximum atomic E-state index is 11.1. The Morgan fingerprint density at radius 3 is 2.55 bits per heavy atom. The Balaban J connectivity index is 1.73. The summed E-state index contributed by atoms with van der Waals surface area (Å²) >= 11 is 0. The van der Waals surface area contributed by atoms with Gasteiger partial charge in [0.2, 0.25) is 11.6 Å². The molecular formula is C22H16N4O7. The Bertz CT molecular complexity index is 1440. The van der Waals surface area contributed by atoms with E-state index in [1.165, 1.54) is 18.2 Å². The molecule has 0 spiro atoms. The normalized spacial score (nSPS) is 11.3. The van der Waals surface area contributed by atoms with Crippen molar-refractivity contribution >= 4 is 34.4 Å². The SMILES string of the molecule is CCc1ccc2oc(-c3cc(N=Cc4cc([N+](=O)[O-])cc([N+](=O)[O-])c4O)ccc3O)nc2c1. The minimum atomic E-state index is -0.921. The quantitative estimate of drug-likeness (QED) is 0.235. The van der Waals surface area contributed by atoms with Gasteiger partial charge in [-0.15, -0.1) is 0 Å². The number of nitro groups is 2. The van der Waals surface area contributed by atoms with Crippen LogP contribution in [-0.2, 0) is 6.42 Å². The molecule has 0 aliphatic rings. The summed E-state index contributed by atoms with van der Waals surface area (Å²) in [5, 5.41) is 42.6. The van der Waals surface area contributed by atoms with E-state index in [4.69, 9.17) is 4.42 Å². The lowest BCUT2D eigenvalue weighted by molar-refractivity contribution is -0.394. The van der Waals surface area contributed by atoms with Gasteiger partial charge in [-0.2, -0.15) is 0 Å². The number of oxazole rings is 1. The summed E-state index contributed by atoms with van der Waals surface area (Å²) in [4.78, 5) is 29.0. The number of aryl methyl sites for hydroxylation is 1. The largest absolute Gasteiger partial charge is 0.507 e. The fraction of sp³-hybridized carbons (Fsp3) is 0.0909. The topological polar surface area (TPSA) is 165 Å². The first kappa shape index (κ1) is 21.4. The highest BCUT2D eigenvalue weighted by Gasteiger charge is 2.23. The van der Waals surface area contributed by atoms with Gasteiger partial charge in [0.1, 0.15) is 11.3 Å². The Hall–Kier alpha value is -4.80. The highest BCUT2D eigenvalue weighted by atomic mass is 16.6. The molecular weight excluding hydrogens is 432 g/mol. The van der Waals surface area contributed by atoms with Crippen molar-refractivity contribution in [3.8, 4) is 23.0 Å². The number of aliphatic imine (C=N–C) groups is 1. The second-order valence-corrected chi connectivity index (χ2v) is 7.05. The predicted octanol–water partition coefficient (Wildman–Crippen LogP) is 5.04. The van der Waals surface area contributed by atoms with Crippen molar-refractivity contribution in [2.24, 2.45) is 4.99 Å². The van der Waals surface area contributed by atoms with Gasteiger partial charge in [0.25, 0.3) is 5.69 Å². The second-order valence-electron chi connectivity index (χ2n) is 7.05. The zero-order valence-electron chi connectivity index (χ0n) is 17.1. The van der Waals surface area contributed by atoms with Gasteiger partial charge in [0.15, 0.2) is 5.58 Å². The van der Waals surface area contributed by atoms with E-state index < -0.39 is 27.0 Å². The fourth-order valence-electron chi connectivity index (χ4n) is 3.20. The highest BCUT2D eigenvalue weighted by molar-refractivity contribution is 5.89. The molecule has 0 aliphatic carbocycles. The number of fused-ring (bicyclic) bond motifs is 1. The number of aromatic nitrogens is 1. The van der Waals surface area contributed by atoms with Crippen LogP contribution in [0.2, 0.25) is 0 Å². The van der Waals surface area contributed by atoms with E-state index >= 15 is 0 Å². The summed E-state index contributed by atoms with van der Waals surface area (Å²) in [5.41, 5.74) is 1.22. The predicted molar refractivity (Wildman–Crippen MR) is 119 cm³/mol. The van der Waals surface area contributed by atoms with Crippen LogP contribution in [0.25, 0.3) is 22.6 Å². The zero-order chi connectivity index (χ0) is 23.7. The molecule has 4 aromatic rings. The van der Waals surface area contributed by atoms with Crippen molar-refractivity contribution in [2.75, 3.05) is 0 Å². The second kappa shape index (κ2) is 8.38. The van der Waals surface area contributed by atoms with E-state index in [0.29, 0.717) is 17.2 Å². The number of nitrogens with zero attached hydrogens (tertiary/aromatic N) is 4. The van der Waals surface area contributed by atoms with E-state index in [2.05, 4.69) is 9.98 Å². The van der Waals surface area contributed by atoms with Crippen LogP contribution >= 0.6 is 0 Å². The Labute approximate surface area is 185 Å². The van der Waals surface area contributed by atoms with Gasteiger partial charge in [0, 0.05) is 17.8 Å². The Morgan fingerprint density at radius 1 is 1.06 bits per heavy atom. The smallest absolute Gasteiger partial charge is 0.318 e. The number of hydrogen-bond donors (Lipinski definition) is 2. The van der Waals surface area contributed by atoms with Gasteiger partial charge in [-0.05, 0) is 42.3 Å². The standard InChI is InChI=1S/C22H16N4O7/c1-2-12-3-6-20-17(7-12)24-22(33-20)16-9-14(4-5-19(16)27)23-11-13-8-15(25(29)30)10-18(21(13)28)26(31)32/h3-11,27-28H,2H2,1H3. The first-order chi connectivity index (χ1) is 15.8. The van der Waals surface area contributed by atoms with Crippen LogP contribution in [0, 0.1) is 20.2 Å². The lowest BCUT2D eigenvalue weighted by Crippen LogP contribution is -1.96. The molecule has 0 fully saturated rings. The average molecular weight is 448 g/mol. The van der Waals surface area contributed by atoms with Gasteiger partial charge >= 0.3 is 5.69 Å². The third-order valence-corrected chi connectivity index (χ3v) is 4.94. The zero-order valence-corrected chi connectivity index (χ0v) is 17.1. The number of benzene rings is 3. The van der Waals surface area contributed by atoms with Crippen molar-refractivity contribution in [1.29, 1.82) is 0 Å². The van der Waals surface area contributed by atoms with Crippen LogP contribution in [0.4, 0.5) is 17.1 Å². The van der Waals surface area contributed by atoms with Crippen molar-refractivity contribution < 1.29 is 24.5 Å². The fourth-order valence-corrected chi connectivity index (χ4v) is 3.20. The Morgan fingerprint density at radius 2 is 1.85 bits per heavy atom. The number of rotatable bonds is 6. The van der Waals surface area contributed by atoms with Gasteiger partial charge in [-0.3, -0.25) is 25.2 Å². The monoisotopic (exact) mass is 448 g/mol. The van der Waals surface area contributed by atoms with Crippen LogP contribution in [0.15, 0.2) is 57.9 Å². The lowest BCUT2D eigenvalue weighted by Gasteiger charge is -2.03. The molecule has 0 radical (unpaired) electrons. The lowest BCUT2D eigenvalue weighted by atomic mass is 10.1. The maximum absolute atomic E-state index is 11.1. The summed E-state index contributed by atoms with van der Waals surface area (Å²) in [6.07, 6.45) is 1.89. The number of nitro benzene ring substituents is 2. The van der Waals surface area contributed by atoms with Crippen LogP contribution in [0.5, 0.6) is 11.5 Å². The molecule has 0 saturated carbocycles. The summed E-state index contributed by atoms with van der Waals surface area (Å²) in [5.74, 6) is -0.689. The molecule has 166 valence electrons. The van der Waals surface area contributed by atoms with Crippen LogP contribution in [-0.4, -0.2) is 31.3 Å². The van der Waals surface area contributed by atoms with Crippen molar-refractivity contribution in [2.45, 2.75) is 13.3 Å². The van der Waals surface area contributed by atoms with E-state index in [0.717, 1.165) is 24.3 Å². The number of hydrogen-bond acceptors (Lipinski definition) is 9. The summed E-state index contributed by atoms with van der Waals surface area (Å²) in [7, 11) is 0. The highest BCUT2D eigenvalue weighted by Crippen LogP contribution is 2.36.